The van der Waals surface area contributed by atoms with Crippen LogP contribution in [0.5, 0.6) is 0 Å². The van der Waals surface area contributed by atoms with Crippen LogP contribution in [0.15, 0.2) is 95.6 Å². The summed E-state index contributed by atoms with van der Waals surface area (Å²) >= 11 is 0. The van der Waals surface area contributed by atoms with Gasteiger partial charge in [0.1, 0.15) is 12.7 Å². The van der Waals surface area contributed by atoms with Crippen LogP contribution in [0.1, 0.15) is 124 Å². The third-order valence-corrected chi connectivity index (χ3v) is 14.0. The lowest BCUT2D eigenvalue weighted by Crippen LogP contribution is -2.62. The van der Waals surface area contributed by atoms with E-state index in [1.54, 1.807) is 19.1 Å². The van der Waals surface area contributed by atoms with Crippen molar-refractivity contribution in [1.82, 2.24) is 0 Å². The monoisotopic (exact) mass is 892 g/mol. The molecule has 0 bridgehead atoms. The lowest BCUT2D eigenvalue weighted by Gasteiger charge is -2.62. The third kappa shape index (κ3) is 11.0. The van der Waals surface area contributed by atoms with Crippen molar-refractivity contribution < 1.29 is 60.0 Å². The molecule has 2 aliphatic rings. The number of methoxy groups -OCH3 is 2. The molecule has 0 radical (unpaired) electrons. The fourth-order valence-corrected chi connectivity index (χ4v) is 10.5. The van der Waals surface area contributed by atoms with Gasteiger partial charge in [-0.25, -0.2) is 9.59 Å². The molecule has 0 saturated heterocycles. The van der Waals surface area contributed by atoms with Crippen LogP contribution < -0.4 is 0 Å². The van der Waals surface area contributed by atoms with Crippen molar-refractivity contribution in [2.24, 2.45) is 22.7 Å². The van der Waals surface area contributed by atoms with Gasteiger partial charge in [-0.05, 0) is 115 Å². The van der Waals surface area contributed by atoms with Gasteiger partial charge in [0.2, 0.25) is 0 Å². The predicted octanol–water partition coefficient (Wildman–Crippen LogP) is 12.4. The van der Waals surface area contributed by atoms with E-state index < -0.39 is 52.6 Å². The zero-order valence-corrected chi connectivity index (χ0v) is 38.2. The Bertz CT molecular complexity index is 1940. The van der Waals surface area contributed by atoms with Crippen molar-refractivity contribution in [2.45, 2.75) is 148 Å². The number of ether oxygens (including phenoxy) is 4. The lowest BCUT2D eigenvalue weighted by molar-refractivity contribution is -0.283. The van der Waals surface area contributed by atoms with Crippen LogP contribution in [0.25, 0.3) is 0 Å². The molecule has 0 aromatic heterocycles. The molecule has 4 rings (SSSR count). The summed E-state index contributed by atoms with van der Waals surface area (Å²) in [6, 6.07) is 13.5. The fourth-order valence-electron chi connectivity index (χ4n) is 10.5. The number of fused-ring (bicyclic) bond motifs is 1. The first-order valence-corrected chi connectivity index (χ1v) is 21.8. The van der Waals surface area contributed by atoms with Gasteiger partial charge in [0.15, 0.2) is 0 Å². The fraction of sp³-hybridized carbons (Fsp3) is 0.600. The number of aliphatic hydroxyl groups is 1. The molecule has 7 atom stereocenters. The Hall–Kier alpha value is -3.94. The highest BCUT2D eigenvalue weighted by Crippen LogP contribution is 2.64. The largest absolute Gasteiger partial charge is 0.459 e. The quantitative estimate of drug-likeness (QED) is 0.0905. The summed E-state index contributed by atoms with van der Waals surface area (Å²) in [5.74, 6) is -3.14. The third-order valence-electron chi connectivity index (χ3n) is 14.0. The summed E-state index contributed by atoms with van der Waals surface area (Å²) in [6.45, 7) is 13.5. The first-order valence-electron chi connectivity index (χ1n) is 21.8. The molecule has 13 heteroatoms. The summed E-state index contributed by atoms with van der Waals surface area (Å²) in [5, 5.41) is 11.8. The van der Waals surface area contributed by atoms with Gasteiger partial charge < -0.3 is 24.1 Å². The summed E-state index contributed by atoms with van der Waals surface area (Å²) in [4.78, 5) is 26.5. The molecule has 2 saturated carbocycles. The van der Waals surface area contributed by atoms with Crippen molar-refractivity contribution in [3.8, 4) is 0 Å². The molecule has 0 amide bonds. The van der Waals surface area contributed by atoms with Gasteiger partial charge in [-0.1, -0.05) is 111 Å². The summed E-state index contributed by atoms with van der Waals surface area (Å²) in [6.07, 6.45) is 1.82. The first-order chi connectivity index (χ1) is 29.3. The second kappa shape index (κ2) is 20.5. The Morgan fingerprint density at radius 3 is 1.62 bits per heavy atom. The minimum Gasteiger partial charge on any atom is -0.459 e. The molecule has 0 spiro atoms. The average molecular weight is 893 g/mol. The smallest absolute Gasteiger partial charge is 0.432 e. The number of hydrogen-bond donors (Lipinski definition) is 1. The molecule has 0 unspecified atom stereocenters. The Morgan fingerprint density at radius 1 is 0.683 bits per heavy atom. The predicted molar refractivity (Wildman–Crippen MR) is 230 cm³/mol. The Labute approximate surface area is 369 Å². The second-order valence-electron chi connectivity index (χ2n) is 18.6. The van der Waals surface area contributed by atoms with Crippen LogP contribution in [0.2, 0.25) is 0 Å². The molecular weight excluding hydrogens is 827 g/mol. The molecule has 2 fully saturated rings. The number of benzene rings is 2. The van der Waals surface area contributed by atoms with E-state index in [0.717, 1.165) is 51.9 Å². The highest BCUT2D eigenvalue weighted by molar-refractivity contribution is 5.83. The number of halogens is 6. The van der Waals surface area contributed by atoms with Crippen LogP contribution in [0.3, 0.4) is 0 Å². The lowest BCUT2D eigenvalue weighted by atomic mass is 9.44. The van der Waals surface area contributed by atoms with Crippen molar-refractivity contribution in [2.75, 3.05) is 20.8 Å². The van der Waals surface area contributed by atoms with Crippen LogP contribution in [-0.4, -0.2) is 61.9 Å². The topological polar surface area (TPSA) is 91.3 Å². The zero-order chi connectivity index (χ0) is 47.1. The van der Waals surface area contributed by atoms with Gasteiger partial charge in [0, 0.05) is 30.8 Å². The minimum absolute atomic E-state index is 0.0303. The maximum atomic E-state index is 14.7. The maximum absolute atomic E-state index is 14.7. The SMILES string of the molecule is CO[C@](C(=O)OC/C(C)=C/CC/C(C)=C/CC/C(C)=C/CC[C@@H]1[C@@]2(C)CC[C@H](OC(=O)[C@@](OC)(c3ccccc3)C(F)(F)F)C(C)(C)[C@@H]2CC[C@@]1(C)O)(c1ccccc1)C(F)(F)F. The highest BCUT2D eigenvalue weighted by Gasteiger charge is 2.67. The van der Waals surface area contributed by atoms with E-state index in [4.69, 9.17) is 18.9 Å². The van der Waals surface area contributed by atoms with Crippen LogP contribution >= 0.6 is 0 Å². The zero-order valence-electron chi connectivity index (χ0n) is 38.2. The average Bonchev–Trinajstić information content (AvgIpc) is 3.20. The van der Waals surface area contributed by atoms with Crippen LogP contribution in [0.4, 0.5) is 26.3 Å². The molecule has 0 heterocycles. The van der Waals surface area contributed by atoms with Crippen molar-refractivity contribution in [3.63, 3.8) is 0 Å². The normalized spacial score (nSPS) is 26.5. The number of hydrogen-bond acceptors (Lipinski definition) is 7. The summed E-state index contributed by atoms with van der Waals surface area (Å²) < 4.78 is 107. The van der Waals surface area contributed by atoms with E-state index in [1.807, 2.05) is 33.8 Å². The molecule has 63 heavy (non-hydrogen) atoms. The van der Waals surface area contributed by atoms with E-state index in [1.165, 1.54) is 54.1 Å². The van der Waals surface area contributed by atoms with Crippen LogP contribution in [-0.2, 0) is 39.7 Å². The van der Waals surface area contributed by atoms with Crippen molar-refractivity contribution >= 4 is 11.9 Å². The molecule has 1 N–H and O–H groups in total. The molecule has 0 aliphatic heterocycles. The highest BCUT2D eigenvalue weighted by atomic mass is 19.4. The van der Waals surface area contributed by atoms with Gasteiger partial charge in [0.25, 0.3) is 11.2 Å². The van der Waals surface area contributed by atoms with Gasteiger partial charge in [0.05, 0.1) is 5.60 Å². The van der Waals surface area contributed by atoms with Gasteiger partial charge >= 0.3 is 24.3 Å². The van der Waals surface area contributed by atoms with Crippen molar-refractivity contribution in [1.29, 1.82) is 0 Å². The van der Waals surface area contributed by atoms with E-state index in [2.05, 4.69) is 26.0 Å². The molecule has 7 nitrogen and oxygen atoms in total. The Morgan fingerprint density at radius 2 is 1.14 bits per heavy atom. The summed E-state index contributed by atoms with van der Waals surface area (Å²) in [7, 11) is 1.71. The number of carbonyl (C=O) groups excluding carboxylic acids is 2. The van der Waals surface area contributed by atoms with Gasteiger partial charge in [-0.3, -0.25) is 0 Å². The molecule has 2 aromatic rings. The first kappa shape index (κ1) is 51.7. The van der Waals surface area contributed by atoms with E-state index >= 15 is 0 Å². The van der Waals surface area contributed by atoms with Gasteiger partial charge in [-0.2, -0.15) is 26.3 Å². The number of esters is 2. The van der Waals surface area contributed by atoms with Gasteiger partial charge in [-0.15, -0.1) is 0 Å². The number of alkyl halides is 6. The molecule has 2 aromatic carbocycles. The molecular formula is C50H66F6O7. The number of carbonyl (C=O) groups is 2. The minimum atomic E-state index is -5.07. The molecule has 2 aliphatic carbocycles. The molecule has 350 valence electrons. The number of allylic oxidation sites excluding steroid dienone is 5. The van der Waals surface area contributed by atoms with E-state index in [9.17, 15) is 41.0 Å². The number of rotatable bonds is 18. The Balaban J connectivity index is 1.31. The second-order valence-corrected chi connectivity index (χ2v) is 18.6. The maximum Gasteiger partial charge on any atom is 0.432 e. The van der Waals surface area contributed by atoms with E-state index in [-0.39, 0.29) is 35.0 Å². The standard InChI is InChI=1S/C50H66F6O7/c1-34(21-17-23-36(3)33-62-42(57)47(60-8,49(51,52)53)37-24-12-10-13-25-37)19-16-20-35(2)22-18-28-40-45(6)31-30-41(44(4,5)39(45)29-32-46(40,7)59)63-43(58)48(61-9,50(54,55)56)38-26-14-11-15-27-38/h10-15,19,22-27,39-41,59H,16-18,20-21,28-33H2,1-9H3/b34-19+,35-22+,36-23+/t39-,40+,41-,45-,46+,47-,48-/m0/s1. The summed E-state index contributed by atoms with van der Waals surface area (Å²) in [5.41, 5.74) is -6.23. The van der Waals surface area contributed by atoms with Crippen molar-refractivity contribution in [3.05, 3.63) is 107 Å². The van der Waals surface area contributed by atoms with E-state index in [0.29, 0.717) is 37.7 Å². The Kier molecular flexibility index (Phi) is 16.8. The van der Waals surface area contributed by atoms with Crippen LogP contribution in [0, 0.1) is 22.7 Å².